The van der Waals surface area contributed by atoms with Gasteiger partial charge in [0.1, 0.15) is 0 Å². The Hall–Kier alpha value is -1.63. The van der Waals surface area contributed by atoms with Crippen LogP contribution in [-0.2, 0) is 6.54 Å². The van der Waals surface area contributed by atoms with Crippen LogP contribution in [0.2, 0.25) is 0 Å². The molecule has 2 rings (SSSR count). The van der Waals surface area contributed by atoms with Crippen molar-refractivity contribution in [3.63, 3.8) is 0 Å². The summed E-state index contributed by atoms with van der Waals surface area (Å²) in [6, 6.07) is 11.2. The molecule has 1 atom stereocenters. The van der Waals surface area contributed by atoms with Crippen LogP contribution in [0.25, 0.3) is 0 Å². The van der Waals surface area contributed by atoms with Gasteiger partial charge < -0.3 is 20.4 Å². The van der Waals surface area contributed by atoms with Crippen molar-refractivity contribution in [3.8, 4) is 0 Å². The van der Waals surface area contributed by atoms with Crippen LogP contribution in [0.15, 0.2) is 35.3 Å². The molecule has 1 heterocycles. The highest BCUT2D eigenvalue weighted by Crippen LogP contribution is 2.08. The maximum Gasteiger partial charge on any atom is 0.190 e. The zero-order chi connectivity index (χ0) is 21.6. The van der Waals surface area contributed by atoms with Gasteiger partial charge in [-0.15, -0.1) is 0 Å². The lowest BCUT2D eigenvalue weighted by Crippen LogP contribution is -2.46. The minimum absolute atomic E-state index is 0.518. The Morgan fingerprint density at radius 2 is 1.70 bits per heavy atom. The van der Waals surface area contributed by atoms with Crippen LogP contribution < -0.4 is 10.6 Å². The second kappa shape index (κ2) is 14.4. The largest absolute Gasteiger partial charge is 0.356 e. The third kappa shape index (κ3) is 9.45. The first-order valence-electron chi connectivity index (χ1n) is 11.8. The molecule has 0 amide bonds. The van der Waals surface area contributed by atoms with Gasteiger partial charge in [0.05, 0.1) is 0 Å². The van der Waals surface area contributed by atoms with Crippen LogP contribution >= 0.6 is 0 Å². The summed E-state index contributed by atoms with van der Waals surface area (Å²) in [6.45, 7) is 14.8. The molecule has 1 fully saturated rings. The molecule has 0 bridgehead atoms. The first kappa shape index (κ1) is 24.6. The van der Waals surface area contributed by atoms with Crippen molar-refractivity contribution in [1.82, 2.24) is 25.3 Å². The van der Waals surface area contributed by atoms with E-state index in [1.165, 1.54) is 57.7 Å². The van der Waals surface area contributed by atoms with Gasteiger partial charge >= 0.3 is 0 Å². The fourth-order valence-corrected chi connectivity index (χ4v) is 3.86. The number of rotatable bonds is 12. The molecule has 1 unspecified atom stereocenters. The zero-order valence-corrected chi connectivity index (χ0v) is 19.7. The minimum atomic E-state index is 0.518. The van der Waals surface area contributed by atoms with E-state index in [4.69, 9.17) is 0 Å². The highest BCUT2D eigenvalue weighted by atomic mass is 15.3. The number of guanidine groups is 1. The van der Waals surface area contributed by atoms with Gasteiger partial charge in [-0.3, -0.25) is 9.89 Å². The summed E-state index contributed by atoms with van der Waals surface area (Å²) in [6.07, 6.45) is 3.52. The predicted molar refractivity (Wildman–Crippen MR) is 129 cm³/mol. The smallest absolute Gasteiger partial charge is 0.190 e. The number of nitrogens with one attached hydrogen (secondary N) is 2. The molecule has 0 saturated carbocycles. The molecule has 1 saturated heterocycles. The molecule has 2 N–H and O–H groups in total. The fraction of sp³-hybridized carbons (Fsp3) is 0.708. The van der Waals surface area contributed by atoms with Gasteiger partial charge in [-0.1, -0.05) is 37.3 Å². The van der Waals surface area contributed by atoms with Gasteiger partial charge in [0, 0.05) is 58.9 Å². The molecule has 1 aliphatic rings. The van der Waals surface area contributed by atoms with E-state index in [1.807, 2.05) is 7.05 Å². The molecule has 6 heteroatoms. The van der Waals surface area contributed by atoms with Crippen molar-refractivity contribution >= 4 is 5.96 Å². The molecule has 30 heavy (non-hydrogen) atoms. The van der Waals surface area contributed by atoms with Gasteiger partial charge in [-0.2, -0.15) is 0 Å². The Morgan fingerprint density at radius 3 is 2.37 bits per heavy atom. The van der Waals surface area contributed by atoms with Crippen molar-refractivity contribution in [1.29, 1.82) is 0 Å². The third-order valence-corrected chi connectivity index (χ3v) is 6.21. The summed E-state index contributed by atoms with van der Waals surface area (Å²) in [7, 11) is 4.06. The van der Waals surface area contributed by atoms with Gasteiger partial charge in [0.25, 0.3) is 0 Å². The molecule has 0 aliphatic carbocycles. The van der Waals surface area contributed by atoms with Crippen LogP contribution in [0.3, 0.4) is 0 Å². The van der Waals surface area contributed by atoms with E-state index in [0.29, 0.717) is 6.04 Å². The normalized spacial score (nSPS) is 17.3. The van der Waals surface area contributed by atoms with Crippen LogP contribution in [0.4, 0.5) is 0 Å². The highest BCUT2D eigenvalue weighted by Gasteiger charge is 2.14. The molecule has 0 spiro atoms. The maximum absolute atomic E-state index is 4.37. The number of aliphatic imine (C=N–C) groups is 1. The van der Waals surface area contributed by atoms with Crippen molar-refractivity contribution in [2.45, 2.75) is 45.7 Å². The molecule has 1 aliphatic heterocycles. The average Bonchev–Trinajstić information content (AvgIpc) is 2.78. The van der Waals surface area contributed by atoms with E-state index < -0.39 is 0 Å². The maximum atomic E-state index is 4.37. The van der Waals surface area contributed by atoms with E-state index in [2.05, 4.69) is 81.6 Å². The lowest BCUT2D eigenvalue weighted by Gasteiger charge is -2.34. The molecule has 0 radical (unpaired) electrons. The predicted octanol–water partition coefficient (Wildman–Crippen LogP) is 2.48. The summed E-state index contributed by atoms with van der Waals surface area (Å²) in [5.74, 6) is 0.921. The van der Waals surface area contributed by atoms with E-state index in [1.54, 1.807) is 0 Å². The Morgan fingerprint density at radius 1 is 1.03 bits per heavy atom. The second-order valence-corrected chi connectivity index (χ2v) is 8.45. The first-order valence-corrected chi connectivity index (χ1v) is 11.8. The Kier molecular flexibility index (Phi) is 11.8. The number of likely N-dealkylation sites (N-methyl/N-ethyl adjacent to an activating group) is 1. The number of unbranched alkanes of at least 4 members (excludes halogenated alkanes) is 1. The van der Waals surface area contributed by atoms with Crippen molar-refractivity contribution in [3.05, 3.63) is 35.9 Å². The van der Waals surface area contributed by atoms with Gasteiger partial charge in [0.15, 0.2) is 5.96 Å². The van der Waals surface area contributed by atoms with E-state index >= 15 is 0 Å². The van der Waals surface area contributed by atoms with Gasteiger partial charge in [0.2, 0.25) is 0 Å². The SMILES string of the molecule is CCN1CCN(CCCCNC(=NC)NCCC(C)N(C)Cc2ccccc2)CC1. The zero-order valence-electron chi connectivity index (χ0n) is 19.7. The summed E-state index contributed by atoms with van der Waals surface area (Å²) >= 11 is 0. The summed E-state index contributed by atoms with van der Waals surface area (Å²) in [5.41, 5.74) is 1.37. The van der Waals surface area contributed by atoms with E-state index in [-0.39, 0.29) is 0 Å². The number of hydrogen-bond donors (Lipinski definition) is 2. The Labute approximate surface area is 184 Å². The number of piperazine rings is 1. The summed E-state index contributed by atoms with van der Waals surface area (Å²) in [4.78, 5) is 11.9. The molecule has 0 aromatic heterocycles. The van der Waals surface area contributed by atoms with Crippen molar-refractivity contribution in [2.24, 2.45) is 4.99 Å². The number of benzene rings is 1. The number of nitrogens with zero attached hydrogens (tertiary/aromatic N) is 4. The average molecular weight is 417 g/mol. The molecular weight excluding hydrogens is 372 g/mol. The van der Waals surface area contributed by atoms with E-state index in [0.717, 1.165) is 32.0 Å². The van der Waals surface area contributed by atoms with Crippen LogP contribution in [-0.4, -0.2) is 93.2 Å². The number of hydrogen-bond acceptors (Lipinski definition) is 4. The molecular formula is C24H44N6. The molecule has 1 aromatic carbocycles. The van der Waals surface area contributed by atoms with Gasteiger partial charge in [-0.05, 0) is 51.9 Å². The lowest BCUT2D eigenvalue weighted by molar-refractivity contribution is 0.136. The Bertz CT molecular complexity index is 583. The fourth-order valence-electron chi connectivity index (χ4n) is 3.86. The summed E-state index contributed by atoms with van der Waals surface area (Å²) < 4.78 is 0. The lowest BCUT2D eigenvalue weighted by atomic mass is 10.1. The third-order valence-electron chi connectivity index (χ3n) is 6.21. The van der Waals surface area contributed by atoms with Gasteiger partial charge in [-0.25, -0.2) is 0 Å². The van der Waals surface area contributed by atoms with Crippen LogP contribution in [0, 0.1) is 0 Å². The quantitative estimate of drug-likeness (QED) is 0.311. The standard InChI is InChI=1S/C24H44N6/c1-5-29-17-19-30(20-18-29)16-10-9-14-26-24(25-3)27-15-13-22(2)28(4)21-23-11-7-6-8-12-23/h6-8,11-12,22H,5,9-10,13-21H2,1-4H3,(H2,25,26,27). The highest BCUT2D eigenvalue weighted by molar-refractivity contribution is 5.79. The first-order chi connectivity index (χ1) is 14.6. The Balaban J connectivity index is 1.52. The molecule has 6 nitrogen and oxygen atoms in total. The minimum Gasteiger partial charge on any atom is -0.356 e. The van der Waals surface area contributed by atoms with Crippen molar-refractivity contribution < 1.29 is 0 Å². The molecule has 170 valence electrons. The second-order valence-electron chi connectivity index (χ2n) is 8.45. The monoisotopic (exact) mass is 416 g/mol. The van der Waals surface area contributed by atoms with Crippen LogP contribution in [0.1, 0.15) is 38.7 Å². The van der Waals surface area contributed by atoms with Crippen LogP contribution in [0.5, 0.6) is 0 Å². The molecule has 1 aromatic rings. The topological polar surface area (TPSA) is 46.1 Å². The summed E-state index contributed by atoms with van der Waals surface area (Å²) in [5, 5.41) is 6.93. The van der Waals surface area contributed by atoms with Crippen molar-refractivity contribution in [2.75, 3.05) is 66.5 Å². The van der Waals surface area contributed by atoms with E-state index in [9.17, 15) is 0 Å².